The molecule has 0 aliphatic carbocycles. The highest BCUT2D eigenvalue weighted by Crippen LogP contribution is 2.41. The molecule has 30 heavy (non-hydrogen) atoms. The number of piperidine rings is 1. The van der Waals surface area contributed by atoms with E-state index >= 15 is 0 Å². The van der Waals surface area contributed by atoms with Crippen LogP contribution in [0.1, 0.15) is 25.3 Å². The number of likely N-dealkylation sites (tertiary alicyclic amines) is 1. The van der Waals surface area contributed by atoms with Crippen molar-refractivity contribution in [2.45, 2.75) is 37.5 Å². The van der Waals surface area contributed by atoms with Gasteiger partial charge in [-0.3, -0.25) is 4.79 Å². The maximum absolute atomic E-state index is 13.6. The third kappa shape index (κ3) is 4.19. The minimum absolute atomic E-state index is 0.00875. The molecule has 2 atom stereocenters. The van der Waals surface area contributed by atoms with E-state index < -0.39 is 24.1 Å². The van der Waals surface area contributed by atoms with Crippen LogP contribution in [0.3, 0.4) is 0 Å². The number of aromatic nitrogens is 3. The first kappa shape index (κ1) is 20.4. The average Bonchev–Trinajstić information content (AvgIpc) is 3.20. The number of halogens is 4. The standard InChI is InChI=1S/C19H21F4N5O2/c20-13-3-1-2-4-15(13)30-10-17(29)27-7-5-12(6-8-27)14-9-16(19(21,22)23)28-18(26-14)24-11-25-28/h1-4,11-12,14,16H,5-10H2,(H,24,25,26)/t14-,16+/m0/s1. The summed E-state index contributed by atoms with van der Waals surface area (Å²) in [5.41, 5.74) is 0. The van der Waals surface area contributed by atoms with Gasteiger partial charge >= 0.3 is 6.18 Å². The highest BCUT2D eigenvalue weighted by atomic mass is 19.4. The molecule has 0 unspecified atom stereocenters. The van der Waals surface area contributed by atoms with Gasteiger partial charge in [-0.15, -0.1) is 0 Å². The molecule has 0 radical (unpaired) electrons. The minimum atomic E-state index is -4.41. The second-order valence-electron chi connectivity index (χ2n) is 7.51. The van der Waals surface area contributed by atoms with Crippen LogP contribution < -0.4 is 10.1 Å². The average molecular weight is 427 g/mol. The molecule has 1 aromatic carbocycles. The van der Waals surface area contributed by atoms with Gasteiger partial charge < -0.3 is 15.0 Å². The zero-order chi connectivity index (χ0) is 21.3. The van der Waals surface area contributed by atoms with Crippen molar-refractivity contribution in [2.75, 3.05) is 25.0 Å². The van der Waals surface area contributed by atoms with E-state index in [1.165, 1.54) is 18.2 Å². The first-order valence-corrected chi connectivity index (χ1v) is 9.71. The van der Waals surface area contributed by atoms with Crippen LogP contribution in [0.5, 0.6) is 5.75 Å². The maximum Gasteiger partial charge on any atom is 0.411 e. The Balaban J connectivity index is 1.32. The van der Waals surface area contributed by atoms with Crippen LogP contribution in [0.2, 0.25) is 0 Å². The van der Waals surface area contributed by atoms with Gasteiger partial charge in [0.1, 0.15) is 6.33 Å². The summed E-state index contributed by atoms with van der Waals surface area (Å²) in [6, 6.07) is 3.72. The lowest BCUT2D eigenvalue weighted by Crippen LogP contribution is -2.48. The number of alkyl halides is 3. The van der Waals surface area contributed by atoms with Crippen molar-refractivity contribution < 1.29 is 27.1 Å². The number of nitrogens with zero attached hydrogens (tertiary/aromatic N) is 4. The van der Waals surface area contributed by atoms with Gasteiger partial charge in [0.2, 0.25) is 5.95 Å². The number of ether oxygens (including phenoxy) is 1. The molecule has 2 aliphatic heterocycles. The monoisotopic (exact) mass is 427 g/mol. The predicted octanol–water partition coefficient (Wildman–Crippen LogP) is 3.02. The summed E-state index contributed by atoms with van der Waals surface area (Å²) < 4.78 is 60.1. The fourth-order valence-corrected chi connectivity index (χ4v) is 4.07. The fourth-order valence-electron chi connectivity index (χ4n) is 4.07. The summed E-state index contributed by atoms with van der Waals surface area (Å²) >= 11 is 0. The zero-order valence-corrected chi connectivity index (χ0v) is 16.0. The number of carbonyl (C=O) groups excluding carboxylic acids is 1. The number of amides is 1. The van der Waals surface area contributed by atoms with E-state index in [9.17, 15) is 22.4 Å². The highest BCUT2D eigenvalue weighted by molar-refractivity contribution is 5.77. The topological polar surface area (TPSA) is 72.3 Å². The normalized spacial score (nSPS) is 22.3. The molecule has 2 aliphatic rings. The van der Waals surface area contributed by atoms with E-state index in [0.29, 0.717) is 25.9 Å². The molecule has 0 saturated carbocycles. The number of carbonyl (C=O) groups is 1. The van der Waals surface area contributed by atoms with E-state index in [1.807, 2.05) is 0 Å². The van der Waals surface area contributed by atoms with Crippen molar-refractivity contribution in [1.82, 2.24) is 19.7 Å². The summed E-state index contributed by atoms with van der Waals surface area (Å²) in [4.78, 5) is 17.9. The first-order valence-electron chi connectivity index (χ1n) is 9.71. The van der Waals surface area contributed by atoms with Gasteiger partial charge in [-0.2, -0.15) is 23.3 Å². The minimum Gasteiger partial charge on any atom is -0.481 e. The van der Waals surface area contributed by atoms with Gasteiger partial charge in [-0.1, -0.05) is 12.1 Å². The number of para-hydroxylation sites is 1. The lowest BCUT2D eigenvalue weighted by atomic mass is 9.85. The van der Waals surface area contributed by atoms with Gasteiger partial charge in [0.15, 0.2) is 24.2 Å². The lowest BCUT2D eigenvalue weighted by Gasteiger charge is -2.40. The van der Waals surface area contributed by atoms with Crippen LogP contribution in [-0.2, 0) is 4.79 Å². The molecule has 7 nitrogen and oxygen atoms in total. The summed E-state index contributed by atoms with van der Waals surface area (Å²) in [6.07, 6.45) is -2.32. The predicted molar refractivity (Wildman–Crippen MR) is 98.3 cm³/mol. The molecule has 4 rings (SSSR count). The number of benzene rings is 1. The molecule has 162 valence electrons. The molecule has 1 saturated heterocycles. The molecule has 0 bridgehead atoms. The molecular weight excluding hydrogens is 406 g/mol. The summed E-state index contributed by atoms with van der Waals surface area (Å²) in [5, 5.41) is 6.77. The van der Waals surface area contributed by atoms with Crippen molar-refractivity contribution >= 4 is 11.9 Å². The largest absolute Gasteiger partial charge is 0.481 e. The molecular formula is C19H21F4N5O2. The van der Waals surface area contributed by atoms with Crippen molar-refractivity contribution in [1.29, 1.82) is 0 Å². The van der Waals surface area contributed by atoms with Crippen LogP contribution in [0.25, 0.3) is 0 Å². The van der Waals surface area contributed by atoms with Gasteiger partial charge in [0.05, 0.1) is 0 Å². The Morgan fingerprint density at radius 2 is 1.97 bits per heavy atom. The quantitative estimate of drug-likeness (QED) is 0.760. The van der Waals surface area contributed by atoms with Crippen LogP contribution >= 0.6 is 0 Å². The molecule has 11 heteroatoms. The summed E-state index contributed by atoms with van der Waals surface area (Å²) in [7, 11) is 0. The third-order valence-corrected chi connectivity index (χ3v) is 5.69. The molecule has 1 aromatic heterocycles. The number of rotatable bonds is 4. The van der Waals surface area contributed by atoms with E-state index in [0.717, 1.165) is 11.0 Å². The maximum atomic E-state index is 13.6. The second kappa shape index (κ2) is 8.11. The summed E-state index contributed by atoms with van der Waals surface area (Å²) in [6.45, 7) is 0.532. The number of fused-ring (bicyclic) bond motifs is 1. The molecule has 1 amide bonds. The van der Waals surface area contributed by atoms with E-state index in [4.69, 9.17) is 4.74 Å². The molecule has 1 fully saturated rings. The smallest absolute Gasteiger partial charge is 0.411 e. The van der Waals surface area contributed by atoms with Crippen LogP contribution in [0.15, 0.2) is 30.6 Å². The highest BCUT2D eigenvalue weighted by Gasteiger charge is 2.48. The molecule has 0 spiro atoms. The number of hydrogen-bond donors (Lipinski definition) is 1. The number of nitrogens with one attached hydrogen (secondary N) is 1. The van der Waals surface area contributed by atoms with Gasteiger partial charge in [0, 0.05) is 19.1 Å². The zero-order valence-electron chi connectivity index (χ0n) is 16.0. The Morgan fingerprint density at radius 3 is 2.67 bits per heavy atom. The lowest BCUT2D eigenvalue weighted by molar-refractivity contribution is -0.174. The van der Waals surface area contributed by atoms with Crippen molar-refractivity contribution in [3.8, 4) is 5.75 Å². The SMILES string of the molecule is O=C(COc1ccccc1F)N1CCC([C@@H]2C[C@H](C(F)(F)F)n3ncnc3N2)CC1. The van der Waals surface area contributed by atoms with Crippen LogP contribution in [-0.4, -0.2) is 57.5 Å². The second-order valence-corrected chi connectivity index (χ2v) is 7.51. The number of hydrogen-bond acceptors (Lipinski definition) is 5. The fraction of sp³-hybridized carbons (Fsp3) is 0.526. The Morgan fingerprint density at radius 1 is 1.23 bits per heavy atom. The van der Waals surface area contributed by atoms with Crippen LogP contribution in [0, 0.1) is 11.7 Å². The Labute approximate surface area is 170 Å². The third-order valence-electron chi connectivity index (χ3n) is 5.69. The van der Waals surface area contributed by atoms with Gasteiger partial charge in [-0.05, 0) is 37.3 Å². The van der Waals surface area contributed by atoms with Crippen LogP contribution in [0.4, 0.5) is 23.5 Å². The Kier molecular flexibility index (Phi) is 5.52. The van der Waals surface area contributed by atoms with E-state index in [1.54, 1.807) is 11.0 Å². The Hall–Kier alpha value is -2.85. The molecule has 2 aromatic rings. The van der Waals surface area contributed by atoms with E-state index in [-0.39, 0.29) is 36.6 Å². The van der Waals surface area contributed by atoms with Gasteiger partial charge in [0.25, 0.3) is 5.91 Å². The summed E-state index contributed by atoms with van der Waals surface area (Å²) in [5.74, 6) is -0.725. The van der Waals surface area contributed by atoms with Gasteiger partial charge in [-0.25, -0.2) is 9.07 Å². The molecule has 1 N–H and O–H groups in total. The van der Waals surface area contributed by atoms with E-state index in [2.05, 4.69) is 15.4 Å². The Bertz CT molecular complexity index is 895. The van der Waals surface area contributed by atoms with Crippen molar-refractivity contribution in [3.05, 3.63) is 36.4 Å². The van der Waals surface area contributed by atoms with Crippen molar-refractivity contribution in [2.24, 2.45) is 5.92 Å². The van der Waals surface area contributed by atoms with Crippen molar-refractivity contribution in [3.63, 3.8) is 0 Å². The first-order chi connectivity index (χ1) is 14.3. The number of anilines is 1. The molecule has 3 heterocycles.